The van der Waals surface area contributed by atoms with Gasteiger partial charge in [-0.25, -0.2) is 9.59 Å². The van der Waals surface area contributed by atoms with Crippen LogP contribution in [0.3, 0.4) is 0 Å². The number of rotatable bonds is 10. The van der Waals surface area contributed by atoms with E-state index in [1.54, 1.807) is 0 Å². The lowest BCUT2D eigenvalue weighted by Gasteiger charge is -1.99. The van der Waals surface area contributed by atoms with Crippen molar-refractivity contribution in [3.8, 4) is 0 Å². The van der Waals surface area contributed by atoms with Gasteiger partial charge in [-0.15, -0.1) is 0 Å². The average Bonchev–Trinajstić information content (AvgIpc) is 2.44. The van der Waals surface area contributed by atoms with Crippen molar-refractivity contribution in [3.63, 3.8) is 0 Å². The normalized spacial score (nSPS) is 11.5. The van der Waals surface area contributed by atoms with Crippen molar-refractivity contribution in [1.29, 1.82) is 0 Å². The molecule has 0 saturated carbocycles. The predicted octanol–water partition coefficient (Wildman–Crippen LogP) is 3.34. The van der Waals surface area contributed by atoms with Crippen LogP contribution in [0, 0.1) is 0 Å². The molecular formula is C16H24O4. The molecule has 0 aromatic heterocycles. The summed E-state index contributed by atoms with van der Waals surface area (Å²) in [5.41, 5.74) is 0. The fourth-order valence-electron chi connectivity index (χ4n) is 1.26. The van der Waals surface area contributed by atoms with Gasteiger partial charge in [-0.3, -0.25) is 0 Å². The van der Waals surface area contributed by atoms with Crippen LogP contribution in [-0.4, -0.2) is 25.2 Å². The number of allylic oxidation sites excluding steroid dienone is 2. The molecule has 0 saturated heterocycles. The Kier molecular flexibility index (Phi) is 12.3. The summed E-state index contributed by atoms with van der Waals surface area (Å²) in [4.78, 5) is 22.5. The monoisotopic (exact) mass is 280 g/mol. The molecule has 4 heteroatoms. The Labute approximate surface area is 121 Å². The van der Waals surface area contributed by atoms with Gasteiger partial charge in [0.2, 0.25) is 0 Å². The second-order valence-corrected chi connectivity index (χ2v) is 4.00. The maximum atomic E-state index is 11.2. The summed E-state index contributed by atoms with van der Waals surface area (Å²) in [6.45, 7) is 4.71. The third-order valence-electron chi connectivity index (χ3n) is 2.22. The van der Waals surface area contributed by atoms with Crippen LogP contribution in [0.15, 0.2) is 36.5 Å². The Hall–Kier alpha value is -1.84. The van der Waals surface area contributed by atoms with E-state index in [0.29, 0.717) is 26.1 Å². The molecular weight excluding hydrogens is 256 g/mol. The van der Waals surface area contributed by atoms with Gasteiger partial charge >= 0.3 is 11.9 Å². The Morgan fingerprint density at radius 3 is 1.50 bits per heavy atom. The van der Waals surface area contributed by atoms with Gasteiger partial charge < -0.3 is 9.47 Å². The van der Waals surface area contributed by atoms with E-state index in [9.17, 15) is 9.59 Å². The smallest absolute Gasteiger partial charge is 0.331 e. The topological polar surface area (TPSA) is 52.6 Å². The van der Waals surface area contributed by atoms with E-state index in [4.69, 9.17) is 9.47 Å². The lowest BCUT2D eigenvalue weighted by atomic mass is 10.3. The van der Waals surface area contributed by atoms with Crippen LogP contribution >= 0.6 is 0 Å². The maximum absolute atomic E-state index is 11.2. The molecule has 0 rings (SSSR count). The van der Waals surface area contributed by atoms with Crippen LogP contribution in [0.4, 0.5) is 0 Å². The Balaban J connectivity index is 3.69. The number of carbonyl (C=O) groups is 2. The maximum Gasteiger partial charge on any atom is 0.331 e. The van der Waals surface area contributed by atoms with Crippen molar-refractivity contribution in [3.05, 3.63) is 36.5 Å². The minimum absolute atomic E-state index is 0.316. The quantitative estimate of drug-likeness (QED) is 0.266. The molecule has 20 heavy (non-hydrogen) atoms. The summed E-state index contributed by atoms with van der Waals surface area (Å²) in [6, 6.07) is 0. The fourth-order valence-corrected chi connectivity index (χ4v) is 1.26. The van der Waals surface area contributed by atoms with Crippen LogP contribution in [0.25, 0.3) is 0 Å². The Bertz CT molecular complexity index is 319. The zero-order valence-corrected chi connectivity index (χ0v) is 12.3. The first-order valence-electron chi connectivity index (χ1n) is 7.02. The van der Waals surface area contributed by atoms with Crippen LogP contribution in [0.5, 0.6) is 0 Å². The highest BCUT2D eigenvalue weighted by atomic mass is 16.5. The van der Waals surface area contributed by atoms with Crippen molar-refractivity contribution < 1.29 is 19.1 Å². The summed E-state index contributed by atoms with van der Waals surface area (Å²) in [5.74, 6) is -1.06. The zero-order chi connectivity index (χ0) is 15.1. The van der Waals surface area contributed by atoms with E-state index >= 15 is 0 Å². The molecule has 0 aliphatic carbocycles. The van der Waals surface area contributed by atoms with Crippen molar-refractivity contribution >= 4 is 11.9 Å². The van der Waals surface area contributed by atoms with E-state index in [2.05, 4.69) is 0 Å². The van der Waals surface area contributed by atoms with Gasteiger partial charge in [0, 0.05) is 12.2 Å². The summed E-state index contributed by atoms with van der Waals surface area (Å²) < 4.78 is 9.80. The molecule has 0 bridgehead atoms. The van der Waals surface area contributed by atoms with E-state index in [1.807, 2.05) is 38.2 Å². The molecule has 0 unspecified atom stereocenters. The molecule has 0 N–H and O–H groups in total. The second-order valence-electron chi connectivity index (χ2n) is 4.00. The van der Waals surface area contributed by atoms with Crippen molar-refractivity contribution in [2.75, 3.05) is 13.2 Å². The minimum Gasteiger partial charge on any atom is -0.462 e. The van der Waals surface area contributed by atoms with Gasteiger partial charge in [0.15, 0.2) is 0 Å². The Morgan fingerprint density at radius 1 is 0.750 bits per heavy atom. The number of hydrogen-bond donors (Lipinski definition) is 0. The number of ether oxygens (including phenoxy) is 2. The molecule has 0 heterocycles. The molecule has 4 nitrogen and oxygen atoms in total. The number of carbonyl (C=O) groups excluding carboxylic acids is 2. The third-order valence-corrected chi connectivity index (χ3v) is 2.22. The number of esters is 2. The summed E-state index contributed by atoms with van der Waals surface area (Å²) >= 11 is 0. The van der Waals surface area contributed by atoms with Crippen molar-refractivity contribution in [2.45, 2.75) is 39.5 Å². The molecule has 0 aliphatic heterocycles. The van der Waals surface area contributed by atoms with Gasteiger partial charge in [-0.1, -0.05) is 38.2 Å². The van der Waals surface area contributed by atoms with Crippen LogP contribution in [0.1, 0.15) is 39.5 Å². The molecule has 0 amide bonds. The molecule has 0 aromatic rings. The van der Waals surface area contributed by atoms with E-state index in [0.717, 1.165) is 25.0 Å². The lowest BCUT2D eigenvalue weighted by Crippen LogP contribution is -2.05. The van der Waals surface area contributed by atoms with Crippen LogP contribution in [-0.2, 0) is 19.1 Å². The van der Waals surface area contributed by atoms with E-state index < -0.39 is 11.9 Å². The summed E-state index contributed by atoms with van der Waals surface area (Å²) in [5, 5.41) is 0. The first-order valence-corrected chi connectivity index (χ1v) is 7.02. The van der Waals surface area contributed by atoms with Crippen LogP contribution in [0.2, 0.25) is 0 Å². The lowest BCUT2D eigenvalue weighted by molar-refractivity contribution is -0.140. The standard InChI is InChI=1S/C16H24O4/c1-3-5-7-9-13-19-15(17)11-12-16(18)20-14-10-8-6-4-2/h5-8,11-12H,3-4,9-10,13-14H2,1-2H3/b7-5-,8-6-,12-11+. The number of hydrogen-bond acceptors (Lipinski definition) is 4. The molecule has 0 aliphatic rings. The molecule has 0 atom stereocenters. The molecule has 0 radical (unpaired) electrons. The summed E-state index contributed by atoms with van der Waals surface area (Å²) in [6.07, 6.45) is 13.4. The first-order chi connectivity index (χ1) is 9.70. The minimum atomic E-state index is -0.530. The van der Waals surface area contributed by atoms with Gasteiger partial charge in [0.05, 0.1) is 13.2 Å². The molecule has 0 aromatic carbocycles. The van der Waals surface area contributed by atoms with E-state index in [-0.39, 0.29) is 0 Å². The first kappa shape index (κ1) is 18.2. The van der Waals surface area contributed by atoms with Gasteiger partial charge in [0.1, 0.15) is 0 Å². The zero-order valence-electron chi connectivity index (χ0n) is 12.3. The van der Waals surface area contributed by atoms with Crippen molar-refractivity contribution in [2.24, 2.45) is 0 Å². The highest BCUT2D eigenvalue weighted by Gasteiger charge is 1.99. The molecule has 112 valence electrons. The van der Waals surface area contributed by atoms with Gasteiger partial charge in [-0.05, 0) is 25.7 Å². The third kappa shape index (κ3) is 12.6. The molecule has 0 spiro atoms. The van der Waals surface area contributed by atoms with Gasteiger partial charge in [0.25, 0.3) is 0 Å². The highest BCUT2D eigenvalue weighted by Crippen LogP contribution is 1.92. The summed E-state index contributed by atoms with van der Waals surface area (Å²) in [7, 11) is 0. The van der Waals surface area contributed by atoms with Crippen LogP contribution < -0.4 is 0 Å². The predicted molar refractivity (Wildman–Crippen MR) is 79.2 cm³/mol. The Morgan fingerprint density at radius 2 is 1.15 bits per heavy atom. The van der Waals surface area contributed by atoms with Crippen molar-refractivity contribution in [1.82, 2.24) is 0 Å². The average molecular weight is 280 g/mol. The second kappa shape index (κ2) is 13.6. The molecule has 0 fully saturated rings. The fraction of sp³-hybridized carbons (Fsp3) is 0.500. The highest BCUT2D eigenvalue weighted by molar-refractivity contribution is 5.91. The van der Waals surface area contributed by atoms with E-state index in [1.165, 1.54) is 0 Å². The SMILES string of the molecule is CC/C=C\CCOC(=O)/C=C/C(=O)OCC/C=C\CC. The largest absolute Gasteiger partial charge is 0.462 e. The van der Waals surface area contributed by atoms with Gasteiger partial charge in [-0.2, -0.15) is 0 Å².